The summed E-state index contributed by atoms with van der Waals surface area (Å²) in [7, 11) is 0. The summed E-state index contributed by atoms with van der Waals surface area (Å²) in [5.74, 6) is 0.123. The van der Waals surface area contributed by atoms with Crippen LogP contribution >= 0.6 is 11.3 Å². The van der Waals surface area contributed by atoms with E-state index in [1.165, 1.54) is 11.3 Å². The summed E-state index contributed by atoms with van der Waals surface area (Å²) in [6.45, 7) is 2.15. The first-order chi connectivity index (χ1) is 7.70. The number of carbonyl (C=O) groups is 1. The number of fused-ring (bicyclic) bond motifs is 1. The predicted octanol–water partition coefficient (Wildman–Crippen LogP) is 2.09. The summed E-state index contributed by atoms with van der Waals surface area (Å²) >= 11 is 1.53. The number of esters is 1. The molecule has 0 atom stereocenters. The van der Waals surface area contributed by atoms with E-state index in [9.17, 15) is 4.79 Å². The van der Waals surface area contributed by atoms with Crippen molar-refractivity contribution in [2.75, 3.05) is 6.61 Å². The highest BCUT2D eigenvalue weighted by molar-refractivity contribution is 7.11. The quantitative estimate of drug-likeness (QED) is 0.799. The van der Waals surface area contributed by atoms with Crippen LogP contribution in [-0.2, 0) is 9.53 Å². The van der Waals surface area contributed by atoms with Gasteiger partial charge in [-0.3, -0.25) is 0 Å². The van der Waals surface area contributed by atoms with Gasteiger partial charge in [0.25, 0.3) is 0 Å². The zero-order valence-corrected chi connectivity index (χ0v) is 9.71. The molecule has 1 aliphatic rings. The molecule has 0 spiro atoms. The Morgan fingerprint density at radius 1 is 1.69 bits per heavy atom. The smallest absolute Gasteiger partial charge is 0.334 e. The monoisotopic (exact) mass is 236 g/mol. The molecule has 0 aromatic carbocycles. The summed E-state index contributed by atoms with van der Waals surface area (Å²) in [6.07, 6.45) is 2.15. The molecule has 0 radical (unpaired) electrons. The Balaban J connectivity index is 2.36. The third kappa shape index (κ3) is 2.14. The highest BCUT2D eigenvalue weighted by atomic mass is 32.1. The molecule has 0 fully saturated rings. The molecule has 2 heterocycles. The highest BCUT2D eigenvalue weighted by Crippen LogP contribution is 2.31. The number of hydrogen-bond donors (Lipinski definition) is 1. The lowest BCUT2D eigenvalue weighted by Gasteiger charge is -2.04. The van der Waals surface area contributed by atoms with Crippen LogP contribution in [0.25, 0.3) is 6.08 Å². The van der Waals surface area contributed by atoms with E-state index in [2.05, 4.69) is 4.99 Å². The van der Waals surface area contributed by atoms with E-state index in [1.807, 2.05) is 11.4 Å². The van der Waals surface area contributed by atoms with Gasteiger partial charge in [-0.2, -0.15) is 0 Å². The van der Waals surface area contributed by atoms with Gasteiger partial charge in [0.2, 0.25) is 0 Å². The average Bonchev–Trinajstić information content (AvgIpc) is 2.59. The van der Waals surface area contributed by atoms with E-state index in [4.69, 9.17) is 10.5 Å². The number of nitrogens with two attached hydrogens (primary N) is 1. The van der Waals surface area contributed by atoms with E-state index in [-0.39, 0.29) is 5.97 Å². The topological polar surface area (TPSA) is 64.7 Å². The molecule has 0 saturated carbocycles. The molecule has 16 heavy (non-hydrogen) atoms. The fourth-order valence-electron chi connectivity index (χ4n) is 1.47. The minimum atomic E-state index is -0.318. The molecule has 0 amide bonds. The molecule has 1 aromatic heterocycles. The van der Waals surface area contributed by atoms with Crippen molar-refractivity contribution in [3.05, 3.63) is 21.9 Å². The SMILES string of the molecule is CCOC(=O)C1=Cc2sccc2N=C(N)C1. The Morgan fingerprint density at radius 2 is 2.50 bits per heavy atom. The fraction of sp³-hybridized carbons (Fsp3) is 0.273. The summed E-state index contributed by atoms with van der Waals surface area (Å²) in [5, 5.41) is 1.92. The number of amidine groups is 1. The third-order valence-electron chi connectivity index (χ3n) is 2.15. The second-order valence-corrected chi connectivity index (χ2v) is 4.29. The number of nitrogens with zero attached hydrogens (tertiary/aromatic N) is 1. The first kappa shape index (κ1) is 10.9. The molecular formula is C11H12N2O2S. The molecular weight excluding hydrogens is 224 g/mol. The molecule has 1 aromatic rings. The molecule has 2 N–H and O–H groups in total. The van der Waals surface area contributed by atoms with Crippen LogP contribution in [0, 0.1) is 0 Å². The third-order valence-corrected chi connectivity index (χ3v) is 3.01. The van der Waals surface area contributed by atoms with Crippen LogP contribution in [0.2, 0.25) is 0 Å². The Morgan fingerprint density at radius 3 is 3.25 bits per heavy atom. The van der Waals surface area contributed by atoms with E-state index in [0.29, 0.717) is 24.4 Å². The molecule has 0 unspecified atom stereocenters. The zero-order valence-electron chi connectivity index (χ0n) is 8.90. The zero-order chi connectivity index (χ0) is 11.5. The minimum Gasteiger partial charge on any atom is -0.463 e. The molecule has 2 rings (SSSR count). The summed E-state index contributed by atoms with van der Waals surface area (Å²) < 4.78 is 4.96. The standard InChI is InChI=1S/C11H12N2O2S/c1-2-15-11(14)7-5-9-8(3-4-16-9)13-10(12)6-7/h3-5H,2,6H2,1H3,(H2,12,13). The van der Waals surface area contributed by atoms with Crippen molar-refractivity contribution in [2.45, 2.75) is 13.3 Å². The Hall–Kier alpha value is -1.62. The van der Waals surface area contributed by atoms with Gasteiger partial charge in [-0.1, -0.05) is 0 Å². The van der Waals surface area contributed by atoms with Crippen molar-refractivity contribution in [3.63, 3.8) is 0 Å². The summed E-state index contributed by atoms with van der Waals surface area (Å²) in [6, 6.07) is 1.89. The van der Waals surface area contributed by atoms with E-state index < -0.39 is 0 Å². The maximum Gasteiger partial charge on any atom is 0.334 e. The van der Waals surface area contributed by atoms with Crippen LogP contribution in [0.4, 0.5) is 5.69 Å². The van der Waals surface area contributed by atoms with Gasteiger partial charge in [0.05, 0.1) is 17.2 Å². The van der Waals surface area contributed by atoms with Gasteiger partial charge >= 0.3 is 5.97 Å². The molecule has 0 aliphatic carbocycles. The van der Waals surface area contributed by atoms with Crippen molar-refractivity contribution in [2.24, 2.45) is 10.7 Å². The van der Waals surface area contributed by atoms with Gasteiger partial charge in [0, 0.05) is 12.0 Å². The lowest BCUT2D eigenvalue weighted by atomic mass is 10.1. The van der Waals surface area contributed by atoms with Gasteiger partial charge < -0.3 is 10.5 Å². The fourth-order valence-corrected chi connectivity index (χ4v) is 2.26. The maximum atomic E-state index is 11.6. The summed E-state index contributed by atoms with van der Waals surface area (Å²) in [4.78, 5) is 16.8. The van der Waals surface area contributed by atoms with Crippen LogP contribution in [0.5, 0.6) is 0 Å². The molecule has 5 heteroatoms. The van der Waals surface area contributed by atoms with Gasteiger partial charge in [0.1, 0.15) is 5.84 Å². The van der Waals surface area contributed by atoms with Crippen molar-refractivity contribution in [1.29, 1.82) is 0 Å². The normalized spacial score (nSPS) is 14.6. The first-order valence-corrected chi connectivity index (χ1v) is 5.87. The maximum absolute atomic E-state index is 11.6. The lowest BCUT2D eigenvalue weighted by molar-refractivity contribution is -0.138. The van der Waals surface area contributed by atoms with E-state index in [1.54, 1.807) is 13.0 Å². The van der Waals surface area contributed by atoms with Crippen molar-refractivity contribution >= 4 is 34.9 Å². The number of thiophene rings is 1. The van der Waals surface area contributed by atoms with Crippen LogP contribution in [0.1, 0.15) is 18.2 Å². The Labute approximate surface area is 97.4 Å². The number of hydrogen-bond acceptors (Lipinski definition) is 5. The van der Waals surface area contributed by atoms with Crippen LogP contribution in [-0.4, -0.2) is 18.4 Å². The molecule has 4 nitrogen and oxygen atoms in total. The lowest BCUT2D eigenvalue weighted by Crippen LogP contribution is -2.16. The second-order valence-electron chi connectivity index (χ2n) is 3.34. The number of aliphatic imine (C=N–C) groups is 1. The predicted molar refractivity (Wildman–Crippen MR) is 64.8 cm³/mol. The van der Waals surface area contributed by atoms with Crippen LogP contribution in [0.3, 0.4) is 0 Å². The van der Waals surface area contributed by atoms with Gasteiger partial charge in [-0.15, -0.1) is 11.3 Å². The number of ether oxygens (including phenoxy) is 1. The van der Waals surface area contributed by atoms with Gasteiger partial charge in [0.15, 0.2) is 0 Å². The van der Waals surface area contributed by atoms with Crippen molar-refractivity contribution in [1.82, 2.24) is 0 Å². The first-order valence-electron chi connectivity index (χ1n) is 4.99. The Kier molecular flexibility index (Phi) is 3.05. The highest BCUT2D eigenvalue weighted by Gasteiger charge is 2.17. The van der Waals surface area contributed by atoms with Crippen molar-refractivity contribution in [3.8, 4) is 0 Å². The summed E-state index contributed by atoms with van der Waals surface area (Å²) in [5.41, 5.74) is 7.12. The Bertz CT molecular complexity index is 474. The number of carbonyl (C=O) groups excluding carboxylic acids is 1. The van der Waals surface area contributed by atoms with Gasteiger partial charge in [-0.25, -0.2) is 9.79 Å². The molecule has 84 valence electrons. The van der Waals surface area contributed by atoms with E-state index >= 15 is 0 Å². The van der Waals surface area contributed by atoms with Crippen molar-refractivity contribution < 1.29 is 9.53 Å². The average molecular weight is 236 g/mol. The molecule has 0 bridgehead atoms. The second kappa shape index (κ2) is 4.49. The molecule has 1 aliphatic heterocycles. The van der Waals surface area contributed by atoms with Crippen LogP contribution in [0.15, 0.2) is 22.0 Å². The van der Waals surface area contributed by atoms with Gasteiger partial charge in [-0.05, 0) is 24.4 Å². The minimum absolute atomic E-state index is 0.318. The molecule has 0 saturated heterocycles. The van der Waals surface area contributed by atoms with E-state index in [0.717, 1.165) is 10.6 Å². The largest absolute Gasteiger partial charge is 0.463 e. The number of rotatable bonds is 2. The van der Waals surface area contributed by atoms with Crippen LogP contribution < -0.4 is 5.73 Å².